The molecule has 0 fully saturated rings. The van der Waals surface area contributed by atoms with Gasteiger partial charge in [-0.05, 0) is 28.0 Å². The van der Waals surface area contributed by atoms with Crippen molar-refractivity contribution >= 4 is 17.3 Å². The summed E-state index contributed by atoms with van der Waals surface area (Å²) < 4.78 is 0. The third-order valence-corrected chi connectivity index (χ3v) is 2.26. The Balaban J connectivity index is 3.00. The summed E-state index contributed by atoms with van der Waals surface area (Å²) in [6.45, 7) is 0. The minimum absolute atomic E-state index is 0.0262. The number of carbonyl (C=O) groups excluding carboxylic acids is 1. The van der Waals surface area contributed by atoms with Crippen LogP contribution < -0.4 is 11.7 Å². The van der Waals surface area contributed by atoms with Crippen molar-refractivity contribution in [1.29, 1.82) is 0 Å². The maximum atomic E-state index is 11.3. The number of nitroso groups, excluding NO2 is 2. The summed E-state index contributed by atoms with van der Waals surface area (Å²) in [5, 5.41) is 11.7. The SMILES string of the molecule is NN=N[C@@H](Cc1ccc(N=O)c(N=O)c1)C(=O)ON. The quantitative estimate of drug-likeness (QED) is 0.339. The number of rotatable bonds is 6. The molecule has 100 valence electrons. The van der Waals surface area contributed by atoms with Crippen LogP contribution in [0, 0.1) is 9.81 Å². The van der Waals surface area contributed by atoms with Crippen molar-refractivity contribution in [2.75, 3.05) is 0 Å². The molecule has 19 heavy (non-hydrogen) atoms. The first-order valence-corrected chi connectivity index (χ1v) is 4.96. The molecule has 0 heterocycles. The van der Waals surface area contributed by atoms with E-state index in [-0.39, 0.29) is 17.8 Å². The number of nitrogens with zero attached hydrogens (tertiary/aromatic N) is 4. The summed E-state index contributed by atoms with van der Waals surface area (Å²) in [6, 6.07) is 3.02. The zero-order chi connectivity index (χ0) is 14.3. The molecule has 1 atom stereocenters. The molecule has 0 saturated carbocycles. The van der Waals surface area contributed by atoms with E-state index in [0.717, 1.165) is 0 Å². The standard InChI is InChI=1S/C9H10N6O4/c10-15-12-8(9(16)19-11)4-5-1-2-6(13-17)7(3-5)14-18/h1-3,8H,4,11H2,(H2,10,12)/t8-/m0/s1. The molecule has 10 nitrogen and oxygen atoms in total. The van der Waals surface area contributed by atoms with E-state index in [9.17, 15) is 14.6 Å². The Labute approximate surface area is 106 Å². The second kappa shape index (κ2) is 6.86. The summed E-state index contributed by atoms with van der Waals surface area (Å²) in [7, 11) is 0. The maximum absolute atomic E-state index is 11.3. The second-order valence-corrected chi connectivity index (χ2v) is 3.39. The van der Waals surface area contributed by atoms with E-state index in [0.29, 0.717) is 5.56 Å². The third-order valence-electron chi connectivity index (χ3n) is 2.26. The lowest BCUT2D eigenvalue weighted by atomic mass is 10.1. The monoisotopic (exact) mass is 266 g/mol. The minimum atomic E-state index is -1.05. The van der Waals surface area contributed by atoms with Gasteiger partial charge in [0.25, 0.3) is 0 Å². The van der Waals surface area contributed by atoms with Gasteiger partial charge in [-0.2, -0.15) is 11.0 Å². The number of hydrogen-bond acceptors (Lipinski definition) is 9. The molecule has 0 amide bonds. The van der Waals surface area contributed by atoms with Crippen molar-refractivity contribution in [3.05, 3.63) is 33.6 Å². The van der Waals surface area contributed by atoms with Crippen LogP contribution in [0.15, 0.2) is 38.9 Å². The molecule has 10 heteroatoms. The highest BCUT2D eigenvalue weighted by Crippen LogP contribution is 2.29. The van der Waals surface area contributed by atoms with Crippen LogP contribution in [0.1, 0.15) is 5.56 Å². The van der Waals surface area contributed by atoms with Crippen LogP contribution >= 0.6 is 0 Å². The van der Waals surface area contributed by atoms with Gasteiger partial charge in [0.05, 0.1) is 0 Å². The van der Waals surface area contributed by atoms with E-state index in [1.54, 1.807) is 0 Å². The minimum Gasteiger partial charge on any atom is -0.372 e. The Morgan fingerprint density at radius 2 is 1.95 bits per heavy atom. The lowest BCUT2D eigenvalue weighted by molar-refractivity contribution is -0.145. The average Bonchev–Trinajstić information content (AvgIpc) is 2.45. The maximum Gasteiger partial charge on any atom is 0.351 e. The number of benzene rings is 1. The first kappa shape index (κ1) is 14.3. The van der Waals surface area contributed by atoms with E-state index in [2.05, 4.69) is 25.5 Å². The Hall–Kier alpha value is -2.75. The molecule has 0 aliphatic rings. The van der Waals surface area contributed by atoms with E-state index in [1.165, 1.54) is 18.2 Å². The molecule has 0 saturated heterocycles. The summed E-state index contributed by atoms with van der Waals surface area (Å²) in [5.41, 5.74) is 0.249. The molecule has 4 N–H and O–H groups in total. The summed E-state index contributed by atoms with van der Waals surface area (Å²) in [4.78, 5) is 36.2. The Bertz CT molecular complexity index is 517. The van der Waals surface area contributed by atoms with Crippen molar-refractivity contribution in [3.63, 3.8) is 0 Å². The van der Waals surface area contributed by atoms with Crippen LogP contribution in [0.25, 0.3) is 0 Å². The Kier molecular flexibility index (Phi) is 5.17. The van der Waals surface area contributed by atoms with Gasteiger partial charge in [0.15, 0.2) is 6.04 Å². The second-order valence-electron chi connectivity index (χ2n) is 3.39. The van der Waals surface area contributed by atoms with Crippen LogP contribution in [0.5, 0.6) is 0 Å². The van der Waals surface area contributed by atoms with Crippen molar-refractivity contribution in [2.45, 2.75) is 12.5 Å². The molecular weight excluding hydrogens is 256 g/mol. The number of nitrogens with two attached hydrogens (primary N) is 2. The van der Waals surface area contributed by atoms with E-state index in [1.807, 2.05) is 0 Å². The van der Waals surface area contributed by atoms with Crippen LogP contribution in [-0.4, -0.2) is 12.0 Å². The lowest BCUT2D eigenvalue weighted by Gasteiger charge is -2.08. The molecule has 0 aromatic heterocycles. The normalized spacial score (nSPS) is 12.1. The first-order chi connectivity index (χ1) is 9.15. The number of hydrogen-bond donors (Lipinski definition) is 2. The van der Waals surface area contributed by atoms with Crippen LogP contribution in [-0.2, 0) is 16.1 Å². The topological polar surface area (TPSA) is 162 Å². The predicted molar refractivity (Wildman–Crippen MR) is 64.2 cm³/mol. The van der Waals surface area contributed by atoms with Crippen molar-refractivity contribution in [2.24, 2.45) is 32.4 Å². The van der Waals surface area contributed by atoms with E-state index >= 15 is 0 Å². The fourth-order valence-electron chi connectivity index (χ4n) is 1.40. The van der Waals surface area contributed by atoms with Gasteiger partial charge in [-0.3, -0.25) is 0 Å². The van der Waals surface area contributed by atoms with Crippen LogP contribution in [0.4, 0.5) is 11.4 Å². The molecule has 1 aromatic carbocycles. The molecule has 0 aliphatic heterocycles. The first-order valence-electron chi connectivity index (χ1n) is 4.96. The highest BCUT2D eigenvalue weighted by atomic mass is 16.7. The number of carbonyl (C=O) groups is 1. The van der Waals surface area contributed by atoms with Gasteiger partial charge in [0.1, 0.15) is 11.4 Å². The molecule has 0 bridgehead atoms. The highest BCUT2D eigenvalue weighted by Gasteiger charge is 2.20. The fourth-order valence-corrected chi connectivity index (χ4v) is 1.40. The largest absolute Gasteiger partial charge is 0.372 e. The summed E-state index contributed by atoms with van der Waals surface area (Å²) in [5.74, 6) is 8.76. The van der Waals surface area contributed by atoms with Crippen molar-refractivity contribution in [3.8, 4) is 0 Å². The smallest absolute Gasteiger partial charge is 0.351 e. The summed E-state index contributed by atoms with van der Waals surface area (Å²) >= 11 is 0. The van der Waals surface area contributed by atoms with Crippen LogP contribution in [0.3, 0.4) is 0 Å². The Morgan fingerprint density at radius 1 is 1.26 bits per heavy atom. The van der Waals surface area contributed by atoms with E-state index in [4.69, 9.17) is 11.7 Å². The third kappa shape index (κ3) is 3.61. The van der Waals surface area contributed by atoms with E-state index < -0.39 is 12.0 Å². The molecule has 1 aromatic rings. The van der Waals surface area contributed by atoms with Crippen molar-refractivity contribution in [1.82, 2.24) is 0 Å². The molecule has 0 unspecified atom stereocenters. The Morgan fingerprint density at radius 3 is 2.47 bits per heavy atom. The highest BCUT2D eigenvalue weighted by molar-refractivity contribution is 5.76. The van der Waals surface area contributed by atoms with Gasteiger partial charge in [0, 0.05) is 6.42 Å². The molecule has 0 aliphatic carbocycles. The zero-order valence-corrected chi connectivity index (χ0v) is 9.59. The average molecular weight is 266 g/mol. The van der Waals surface area contributed by atoms with Gasteiger partial charge in [-0.15, -0.1) is 9.81 Å². The lowest BCUT2D eigenvalue weighted by Crippen LogP contribution is -2.26. The van der Waals surface area contributed by atoms with Crippen molar-refractivity contribution < 1.29 is 9.63 Å². The predicted octanol–water partition coefficient (Wildman–Crippen LogP) is 1.14. The fraction of sp³-hybridized carbons (Fsp3) is 0.222. The molecule has 0 spiro atoms. The van der Waals surface area contributed by atoms with Gasteiger partial charge >= 0.3 is 5.97 Å². The summed E-state index contributed by atoms with van der Waals surface area (Å²) in [6.07, 6.45) is 0.0262. The molecule has 0 radical (unpaired) electrons. The van der Waals surface area contributed by atoms with Gasteiger partial charge in [-0.1, -0.05) is 11.3 Å². The van der Waals surface area contributed by atoms with Gasteiger partial charge in [0.2, 0.25) is 0 Å². The van der Waals surface area contributed by atoms with Gasteiger partial charge in [-0.25, -0.2) is 4.79 Å². The molecular formula is C9H10N6O4. The van der Waals surface area contributed by atoms with Crippen LogP contribution in [0.2, 0.25) is 0 Å². The zero-order valence-electron chi connectivity index (χ0n) is 9.59. The van der Waals surface area contributed by atoms with Gasteiger partial charge < -0.3 is 10.7 Å². The molecule has 1 rings (SSSR count).